The van der Waals surface area contributed by atoms with Gasteiger partial charge in [0.2, 0.25) is 0 Å². The zero-order valence-corrected chi connectivity index (χ0v) is 11.3. The summed E-state index contributed by atoms with van der Waals surface area (Å²) in [5, 5.41) is 0. The molecule has 3 heteroatoms. The lowest BCUT2D eigenvalue weighted by Gasteiger charge is -2.23. The fourth-order valence-corrected chi connectivity index (χ4v) is 2.62. The van der Waals surface area contributed by atoms with Gasteiger partial charge in [0, 0.05) is 17.8 Å². The molecule has 0 radical (unpaired) electrons. The van der Waals surface area contributed by atoms with Gasteiger partial charge >= 0.3 is 0 Å². The van der Waals surface area contributed by atoms with Crippen molar-refractivity contribution in [3.8, 4) is 0 Å². The molecule has 0 heterocycles. The van der Waals surface area contributed by atoms with Gasteiger partial charge in [-0.3, -0.25) is 9.59 Å². The highest BCUT2D eigenvalue weighted by atomic mass is 16.2. The quantitative estimate of drug-likeness (QED) is 0.614. The molecular weight excluding hydrogens is 240 g/mol. The molecule has 0 N–H and O–H groups in total. The number of hydrogen-bond acceptors (Lipinski definition) is 3. The number of carbonyl (C=O) groups excluding carboxylic acids is 3. The number of hydrogen-bond donors (Lipinski definition) is 0. The van der Waals surface area contributed by atoms with Gasteiger partial charge in [-0.15, -0.1) is 0 Å². The first-order chi connectivity index (χ1) is 8.95. The SMILES string of the molecule is CC(C)(C=O)[C@H]1CC(=O)C(Cc2ccccc2)C1=O. The van der Waals surface area contributed by atoms with Crippen molar-refractivity contribution in [2.24, 2.45) is 17.3 Å². The minimum absolute atomic E-state index is 0.0335. The average molecular weight is 258 g/mol. The molecule has 2 atom stereocenters. The predicted octanol–water partition coefficient (Wildman–Crippen LogP) is 2.23. The van der Waals surface area contributed by atoms with E-state index in [9.17, 15) is 14.4 Å². The smallest absolute Gasteiger partial charge is 0.148 e. The van der Waals surface area contributed by atoms with E-state index in [2.05, 4.69) is 0 Å². The molecule has 1 fully saturated rings. The summed E-state index contributed by atoms with van der Waals surface area (Å²) in [6, 6.07) is 9.52. The molecule has 1 unspecified atom stereocenters. The third-order valence-electron chi connectivity index (χ3n) is 3.97. The van der Waals surface area contributed by atoms with E-state index in [0.29, 0.717) is 6.42 Å². The minimum Gasteiger partial charge on any atom is -0.303 e. The Morgan fingerprint density at radius 3 is 2.42 bits per heavy atom. The first-order valence-corrected chi connectivity index (χ1v) is 6.52. The molecule has 1 aromatic rings. The van der Waals surface area contributed by atoms with E-state index in [4.69, 9.17) is 0 Å². The molecule has 1 aliphatic carbocycles. The summed E-state index contributed by atoms with van der Waals surface area (Å²) in [6.07, 6.45) is 1.43. The molecule has 0 amide bonds. The second-order valence-electron chi connectivity index (χ2n) is 5.81. The maximum atomic E-state index is 12.3. The lowest BCUT2D eigenvalue weighted by molar-refractivity contribution is -0.132. The van der Waals surface area contributed by atoms with Crippen LogP contribution < -0.4 is 0 Å². The number of rotatable bonds is 4. The first kappa shape index (κ1) is 13.7. The van der Waals surface area contributed by atoms with Crippen molar-refractivity contribution in [1.82, 2.24) is 0 Å². The van der Waals surface area contributed by atoms with E-state index < -0.39 is 17.3 Å². The molecule has 0 saturated heterocycles. The Morgan fingerprint density at radius 1 is 1.21 bits per heavy atom. The lowest BCUT2D eigenvalue weighted by atomic mass is 9.77. The molecule has 0 bridgehead atoms. The maximum absolute atomic E-state index is 12.3. The van der Waals surface area contributed by atoms with Crippen LogP contribution in [-0.4, -0.2) is 17.9 Å². The zero-order chi connectivity index (χ0) is 14.0. The highest BCUT2D eigenvalue weighted by molar-refractivity contribution is 6.11. The number of benzene rings is 1. The predicted molar refractivity (Wildman–Crippen MR) is 71.6 cm³/mol. The van der Waals surface area contributed by atoms with Gasteiger partial charge in [0.25, 0.3) is 0 Å². The Balaban J connectivity index is 2.18. The topological polar surface area (TPSA) is 51.2 Å². The summed E-state index contributed by atoms with van der Waals surface area (Å²) >= 11 is 0. The van der Waals surface area contributed by atoms with Crippen molar-refractivity contribution >= 4 is 17.9 Å². The van der Waals surface area contributed by atoms with Gasteiger partial charge in [-0.25, -0.2) is 0 Å². The second kappa shape index (κ2) is 5.08. The summed E-state index contributed by atoms with van der Waals surface area (Å²) in [5.41, 5.74) is 0.233. The molecule has 100 valence electrons. The van der Waals surface area contributed by atoms with Crippen molar-refractivity contribution in [3.63, 3.8) is 0 Å². The third kappa shape index (κ3) is 2.65. The maximum Gasteiger partial charge on any atom is 0.148 e. The van der Waals surface area contributed by atoms with Gasteiger partial charge in [0.1, 0.15) is 17.9 Å². The standard InChI is InChI=1S/C16H18O3/c1-16(2,10-17)13-9-14(18)12(15(13)19)8-11-6-4-3-5-7-11/h3-7,10,12-13H,8-9H2,1-2H3/t12?,13-/m0/s1. The summed E-state index contributed by atoms with van der Waals surface area (Å²) in [4.78, 5) is 35.4. The number of Topliss-reactive ketones (excluding diaryl/α,β-unsaturated/α-hetero) is 2. The molecule has 1 saturated carbocycles. The zero-order valence-electron chi connectivity index (χ0n) is 11.3. The van der Waals surface area contributed by atoms with Crippen LogP contribution in [0.2, 0.25) is 0 Å². The summed E-state index contributed by atoms with van der Waals surface area (Å²) in [6.45, 7) is 3.45. The first-order valence-electron chi connectivity index (χ1n) is 6.52. The molecule has 3 nitrogen and oxygen atoms in total. The number of aldehydes is 1. The molecule has 0 aromatic heterocycles. The number of ketones is 2. The van der Waals surface area contributed by atoms with Gasteiger partial charge in [-0.2, -0.15) is 0 Å². The Morgan fingerprint density at radius 2 is 1.84 bits per heavy atom. The van der Waals surface area contributed by atoms with Crippen molar-refractivity contribution in [3.05, 3.63) is 35.9 Å². The Labute approximate surface area is 113 Å². The average Bonchev–Trinajstić information content (AvgIpc) is 2.69. The normalized spacial score (nSPS) is 23.7. The van der Waals surface area contributed by atoms with Crippen LogP contribution in [0.25, 0.3) is 0 Å². The van der Waals surface area contributed by atoms with Crippen LogP contribution in [0.5, 0.6) is 0 Å². The lowest BCUT2D eigenvalue weighted by Crippen LogP contribution is -2.31. The fraction of sp³-hybridized carbons (Fsp3) is 0.438. The Bertz CT molecular complexity index is 502. The number of carbonyl (C=O) groups is 3. The van der Waals surface area contributed by atoms with Crippen LogP contribution in [0.1, 0.15) is 25.8 Å². The minimum atomic E-state index is -0.752. The molecule has 2 rings (SSSR count). The van der Waals surface area contributed by atoms with Gasteiger partial charge in [0.05, 0.1) is 5.92 Å². The van der Waals surface area contributed by atoms with E-state index in [1.165, 1.54) is 0 Å². The van der Waals surface area contributed by atoms with E-state index in [1.807, 2.05) is 30.3 Å². The largest absolute Gasteiger partial charge is 0.303 e. The van der Waals surface area contributed by atoms with Crippen LogP contribution in [0.15, 0.2) is 30.3 Å². The molecule has 19 heavy (non-hydrogen) atoms. The monoisotopic (exact) mass is 258 g/mol. The summed E-state index contributed by atoms with van der Waals surface area (Å²) in [7, 11) is 0. The van der Waals surface area contributed by atoms with Crippen molar-refractivity contribution in [1.29, 1.82) is 0 Å². The van der Waals surface area contributed by atoms with Gasteiger partial charge < -0.3 is 4.79 Å². The molecular formula is C16H18O3. The van der Waals surface area contributed by atoms with Crippen LogP contribution in [0.4, 0.5) is 0 Å². The van der Waals surface area contributed by atoms with Gasteiger partial charge in [-0.1, -0.05) is 44.2 Å². The molecule has 0 spiro atoms. The van der Waals surface area contributed by atoms with Crippen LogP contribution >= 0.6 is 0 Å². The third-order valence-corrected chi connectivity index (χ3v) is 3.97. The highest BCUT2D eigenvalue weighted by Crippen LogP contribution is 2.37. The molecule has 0 aliphatic heterocycles. The van der Waals surface area contributed by atoms with E-state index >= 15 is 0 Å². The van der Waals surface area contributed by atoms with Gasteiger partial charge in [0.15, 0.2) is 0 Å². The molecule has 1 aliphatic rings. The van der Waals surface area contributed by atoms with Crippen LogP contribution in [0, 0.1) is 17.3 Å². The fourth-order valence-electron chi connectivity index (χ4n) is 2.62. The molecule has 1 aromatic carbocycles. The van der Waals surface area contributed by atoms with Gasteiger partial charge in [-0.05, 0) is 12.0 Å². The highest BCUT2D eigenvalue weighted by Gasteiger charge is 2.47. The van der Waals surface area contributed by atoms with Crippen molar-refractivity contribution < 1.29 is 14.4 Å². The van der Waals surface area contributed by atoms with E-state index in [0.717, 1.165) is 11.8 Å². The van der Waals surface area contributed by atoms with Crippen LogP contribution in [0.3, 0.4) is 0 Å². The van der Waals surface area contributed by atoms with Crippen LogP contribution in [-0.2, 0) is 20.8 Å². The Kier molecular flexibility index (Phi) is 3.65. The van der Waals surface area contributed by atoms with Crippen molar-refractivity contribution in [2.75, 3.05) is 0 Å². The van der Waals surface area contributed by atoms with E-state index in [-0.39, 0.29) is 18.0 Å². The van der Waals surface area contributed by atoms with Crippen molar-refractivity contribution in [2.45, 2.75) is 26.7 Å². The summed E-state index contributed by atoms with van der Waals surface area (Å²) < 4.78 is 0. The second-order valence-corrected chi connectivity index (χ2v) is 5.81. The summed E-state index contributed by atoms with van der Waals surface area (Å²) in [5.74, 6) is -1.16. The van der Waals surface area contributed by atoms with E-state index in [1.54, 1.807) is 13.8 Å². The Hall–Kier alpha value is -1.77.